The molecule has 1 unspecified atom stereocenters. The molecule has 2 heteroatoms. The van der Waals surface area contributed by atoms with Crippen LogP contribution in [0.4, 0.5) is 0 Å². The molecule has 0 fully saturated rings. The molecule has 268 valence electrons. The van der Waals surface area contributed by atoms with Gasteiger partial charge in [0, 0.05) is 0 Å². The van der Waals surface area contributed by atoms with Gasteiger partial charge >= 0.3 is 0 Å². The van der Waals surface area contributed by atoms with Crippen molar-refractivity contribution >= 4 is 17.2 Å². The summed E-state index contributed by atoms with van der Waals surface area (Å²) in [5.41, 5.74) is 0. The zero-order chi connectivity index (χ0) is 32.4. The maximum Gasteiger partial charge on any atom is -0.0326 e. The summed E-state index contributed by atoms with van der Waals surface area (Å²) >= 11 is 0. The summed E-state index contributed by atoms with van der Waals surface area (Å²) in [6.45, 7) is 9.25. The van der Waals surface area contributed by atoms with Crippen LogP contribution < -0.4 is 0 Å². The summed E-state index contributed by atoms with van der Waals surface area (Å²) in [5, 5.41) is 0. The first-order valence-corrected chi connectivity index (χ1v) is 23.9. The number of hydrogen-bond acceptors (Lipinski definition) is 0. The van der Waals surface area contributed by atoms with Gasteiger partial charge in [-0.3, -0.25) is 0 Å². The van der Waals surface area contributed by atoms with E-state index in [0.717, 1.165) is 0 Å². The Morgan fingerprint density at radius 2 is 0.432 bits per heavy atom. The van der Waals surface area contributed by atoms with Crippen molar-refractivity contribution in [3.05, 3.63) is 0 Å². The summed E-state index contributed by atoms with van der Waals surface area (Å²) in [4.78, 5) is 0. The van der Waals surface area contributed by atoms with Gasteiger partial charge in [-0.1, -0.05) is 220 Å². The highest BCUT2D eigenvalue weighted by molar-refractivity contribution is 7.57. The van der Waals surface area contributed by atoms with Crippen molar-refractivity contribution in [1.82, 2.24) is 0 Å². The van der Waals surface area contributed by atoms with Crippen molar-refractivity contribution in [1.29, 1.82) is 0 Å². The van der Waals surface area contributed by atoms with E-state index in [1.807, 2.05) is 0 Å². The Bertz CT molecular complexity index is 397. The molecule has 0 saturated carbocycles. The van der Waals surface area contributed by atoms with Gasteiger partial charge in [-0.15, -0.1) is 17.2 Å². The van der Waals surface area contributed by atoms with Crippen LogP contribution in [0.25, 0.3) is 0 Å². The van der Waals surface area contributed by atoms with Crippen LogP contribution in [-0.4, -0.2) is 24.6 Å². The van der Waals surface area contributed by atoms with E-state index in [2.05, 4.69) is 36.9 Å². The van der Waals surface area contributed by atoms with Crippen LogP contribution in [-0.2, 0) is 0 Å². The van der Waals surface area contributed by atoms with Gasteiger partial charge in [0.1, 0.15) is 0 Å². The quantitative estimate of drug-likeness (QED) is 0.0461. The monoisotopic (exact) mass is 657 g/mol. The Hall–Kier alpha value is 0.860. The van der Waals surface area contributed by atoms with Gasteiger partial charge in [-0.2, -0.15) is 0 Å². The summed E-state index contributed by atoms with van der Waals surface area (Å²) in [6.07, 6.45) is 56.0. The van der Waals surface area contributed by atoms with Crippen molar-refractivity contribution in [2.75, 3.05) is 24.6 Å². The SMILES string of the molecule is CCCCCCCCCCCCCCCCCCP.CCCCCCCCP(CCCCCCCC)CCCCCCCC. The Morgan fingerprint density at radius 3 is 0.636 bits per heavy atom. The van der Waals surface area contributed by atoms with E-state index >= 15 is 0 Å². The molecule has 0 aliphatic heterocycles. The van der Waals surface area contributed by atoms with Crippen molar-refractivity contribution in [3.8, 4) is 0 Å². The summed E-state index contributed by atoms with van der Waals surface area (Å²) in [7, 11) is 3.19. The number of hydrogen-bond donors (Lipinski definition) is 0. The summed E-state index contributed by atoms with van der Waals surface area (Å²) < 4.78 is 0. The highest BCUT2D eigenvalue weighted by atomic mass is 31.1. The fraction of sp³-hybridized carbons (Fsp3) is 1.00. The van der Waals surface area contributed by atoms with Crippen molar-refractivity contribution in [3.63, 3.8) is 0 Å². The van der Waals surface area contributed by atoms with Crippen molar-refractivity contribution in [2.24, 2.45) is 0 Å². The van der Waals surface area contributed by atoms with Gasteiger partial charge in [-0.05, 0) is 50.3 Å². The second kappa shape index (κ2) is 46.0. The zero-order valence-corrected chi connectivity index (χ0v) is 33.9. The van der Waals surface area contributed by atoms with Crippen LogP contribution in [0, 0.1) is 0 Å². The Balaban J connectivity index is 0. The fourth-order valence-corrected chi connectivity index (χ4v) is 9.35. The van der Waals surface area contributed by atoms with Gasteiger partial charge in [0.05, 0.1) is 0 Å². The second-order valence-corrected chi connectivity index (χ2v) is 17.5. The Kier molecular flexibility index (Phi) is 49.1. The molecule has 0 rings (SSSR count). The standard InChI is InChI=1S/C24H51P.C18H39P/c1-4-7-10-13-16-19-22-25(23-20-17-14-11-8-5-2)24-21-18-15-12-9-6-3;1-2-3-4-5-6-7-8-9-10-11-12-13-14-15-16-17-18-19/h4-24H2,1-3H3;2-19H2,1H3. The van der Waals surface area contributed by atoms with E-state index in [4.69, 9.17) is 0 Å². The third-order valence-electron chi connectivity index (χ3n) is 9.54. The van der Waals surface area contributed by atoms with E-state index in [9.17, 15) is 0 Å². The molecule has 0 saturated heterocycles. The maximum absolute atomic E-state index is 2.83. The van der Waals surface area contributed by atoms with Crippen LogP contribution in [0.5, 0.6) is 0 Å². The van der Waals surface area contributed by atoms with Crippen molar-refractivity contribution < 1.29 is 0 Å². The topological polar surface area (TPSA) is 0 Å². The Morgan fingerprint density at radius 1 is 0.250 bits per heavy atom. The fourth-order valence-electron chi connectivity index (χ4n) is 6.38. The van der Waals surface area contributed by atoms with E-state index in [1.54, 1.807) is 18.5 Å². The molecule has 0 aromatic carbocycles. The first-order chi connectivity index (χ1) is 21.8. The minimum Gasteiger partial charge on any atom is -0.138 e. The van der Waals surface area contributed by atoms with Crippen LogP contribution in [0.2, 0.25) is 0 Å². The largest absolute Gasteiger partial charge is 0.138 e. The molecule has 0 amide bonds. The maximum atomic E-state index is 2.83. The number of rotatable bonds is 37. The molecule has 0 radical (unpaired) electrons. The second-order valence-electron chi connectivity index (χ2n) is 14.2. The van der Waals surface area contributed by atoms with Crippen LogP contribution in [0.15, 0.2) is 0 Å². The average molecular weight is 657 g/mol. The van der Waals surface area contributed by atoms with Crippen LogP contribution in [0.1, 0.15) is 246 Å². The molecule has 1 atom stereocenters. The van der Waals surface area contributed by atoms with Crippen LogP contribution >= 0.6 is 17.2 Å². The zero-order valence-electron chi connectivity index (χ0n) is 31.9. The lowest BCUT2D eigenvalue weighted by molar-refractivity contribution is 0.531. The molecule has 0 aromatic rings. The Labute approximate surface area is 287 Å². The highest BCUT2D eigenvalue weighted by Gasteiger charge is 2.08. The normalized spacial score (nSPS) is 11.3. The first-order valence-electron chi connectivity index (χ1n) is 21.2. The van der Waals surface area contributed by atoms with Crippen molar-refractivity contribution in [2.45, 2.75) is 246 Å². The van der Waals surface area contributed by atoms with E-state index in [-0.39, 0.29) is 0 Å². The van der Waals surface area contributed by atoms with E-state index in [0.29, 0.717) is 7.92 Å². The van der Waals surface area contributed by atoms with Gasteiger partial charge in [0.2, 0.25) is 0 Å². The van der Waals surface area contributed by atoms with Gasteiger partial charge < -0.3 is 0 Å². The smallest absolute Gasteiger partial charge is 0.0326 e. The summed E-state index contributed by atoms with van der Waals surface area (Å²) in [5.74, 6) is 0. The molecule has 0 N–H and O–H groups in total. The van der Waals surface area contributed by atoms with Gasteiger partial charge in [-0.25, -0.2) is 0 Å². The van der Waals surface area contributed by atoms with E-state index in [1.165, 1.54) is 224 Å². The third kappa shape index (κ3) is 45.0. The van der Waals surface area contributed by atoms with Gasteiger partial charge in [0.25, 0.3) is 0 Å². The highest BCUT2D eigenvalue weighted by Crippen LogP contribution is 2.39. The molecular weight excluding hydrogens is 566 g/mol. The third-order valence-corrected chi connectivity index (χ3v) is 12.8. The molecule has 0 bridgehead atoms. The molecule has 44 heavy (non-hydrogen) atoms. The van der Waals surface area contributed by atoms with Gasteiger partial charge in [0.15, 0.2) is 0 Å². The molecule has 0 aliphatic carbocycles. The van der Waals surface area contributed by atoms with E-state index < -0.39 is 0 Å². The lowest BCUT2D eigenvalue weighted by atomic mass is 10.0. The first kappa shape index (κ1) is 47.0. The molecule has 0 nitrogen and oxygen atoms in total. The predicted molar refractivity (Wildman–Crippen MR) is 216 cm³/mol. The molecule has 0 heterocycles. The number of unbranched alkanes of at least 4 members (excludes halogenated alkanes) is 30. The molecule has 0 spiro atoms. The molecular formula is C42H90P2. The summed E-state index contributed by atoms with van der Waals surface area (Å²) in [6, 6.07) is 0. The average Bonchev–Trinajstić information content (AvgIpc) is 3.04. The van der Waals surface area contributed by atoms with Crippen LogP contribution in [0.3, 0.4) is 0 Å². The molecule has 0 aromatic heterocycles. The lowest BCUT2D eigenvalue weighted by Crippen LogP contribution is -1.97. The lowest BCUT2D eigenvalue weighted by Gasteiger charge is -2.18. The minimum absolute atomic E-state index is 0.366. The predicted octanol–water partition coefficient (Wildman–Crippen LogP) is 16.7. The molecule has 0 aliphatic rings. The minimum atomic E-state index is 0.366.